The first-order valence-corrected chi connectivity index (χ1v) is 19.7. The van der Waals surface area contributed by atoms with Crippen LogP contribution in [-0.2, 0) is 24.9 Å². The number of halogens is 1. The Balaban J connectivity index is 0.000000309. The van der Waals surface area contributed by atoms with Crippen molar-refractivity contribution in [3.05, 3.63) is 83.5 Å². The summed E-state index contributed by atoms with van der Waals surface area (Å²) in [6, 6.07) is 17.4. The fourth-order valence-electron chi connectivity index (χ4n) is 5.99. The predicted molar refractivity (Wildman–Crippen MR) is 190 cm³/mol. The molecule has 0 amide bonds. The first-order chi connectivity index (χ1) is 21.3. The van der Waals surface area contributed by atoms with Crippen molar-refractivity contribution in [1.29, 1.82) is 0 Å². The molecule has 247 valence electrons. The Hall–Kier alpha value is -3.12. The zero-order chi connectivity index (χ0) is 33.1. The normalized spacial score (nSPS) is 12.1. The predicted octanol–water partition coefficient (Wildman–Crippen LogP) is 10.8. The summed E-state index contributed by atoms with van der Waals surface area (Å²) >= 11 is 0. The number of carbonyl (C=O) groups excluding carboxylic acids is 1. The quantitative estimate of drug-likeness (QED) is 0.0697. The molecule has 0 fully saturated rings. The number of nitrogens with zero attached hydrogens (tertiary/aromatic N) is 1. The number of hydrogen-bond acceptors (Lipinski definition) is 4. The van der Waals surface area contributed by atoms with Gasteiger partial charge in [0.2, 0.25) is 0 Å². The summed E-state index contributed by atoms with van der Waals surface area (Å²) in [6.45, 7) is 18.7. The van der Waals surface area contributed by atoms with Gasteiger partial charge in [-0.2, -0.15) is 0 Å². The molecule has 7 heteroatoms. The Morgan fingerprint density at radius 2 is 1.59 bits per heavy atom. The minimum atomic E-state index is -1.83. The van der Waals surface area contributed by atoms with E-state index in [1.165, 1.54) is 11.6 Å². The molecule has 46 heavy (non-hydrogen) atoms. The molecule has 3 aromatic carbocycles. The Labute approximate surface area is 287 Å². The number of ketones is 1. The summed E-state index contributed by atoms with van der Waals surface area (Å²) in [4.78, 5) is 16.4. The van der Waals surface area contributed by atoms with Crippen LogP contribution in [-0.4, -0.2) is 23.9 Å². The molecule has 1 radical (unpaired) electrons. The van der Waals surface area contributed by atoms with E-state index in [0.29, 0.717) is 11.2 Å². The van der Waals surface area contributed by atoms with E-state index < -0.39 is 8.07 Å². The molecule has 0 spiro atoms. The van der Waals surface area contributed by atoms with Gasteiger partial charge < -0.3 is 14.5 Å². The first kappa shape index (κ1) is 37.3. The van der Waals surface area contributed by atoms with Crippen molar-refractivity contribution in [2.45, 2.75) is 86.9 Å². The maximum Gasteiger partial charge on any atom is 0.162 e. The van der Waals surface area contributed by atoms with Crippen LogP contribution >= 0.6 is 0 Å². The van der Waals surface area contributed by atoms with Crippen molar-refractivity contribution >= 4 is 51.8 Å². The second-order valence-electron chi connectivity index (χ2n) is 13.1. The molecule has 0 bridgehead atoms. The fourth-order valence-corrected chi connectivity index (χ4v) is 7.36. The molecule has 2 heterocycles. The molecular formula is C39H47FIrNO3Si-. The van der Waals surface area contributed by atoms with Gasteiger partial charge in [0.05, 0.1) is 19.4 Å². The van der Waals surface area contributed by atoms with Gasteiger partial charge in [0.15, 0.2) is 5.78 Å². The maximum absolute atomic E-state index is 14.8. The molecule has 1 N–H and O–H groups in total. The van der Waals surface area contributed by atoms with Crippen LogP contribution in [0.1, 0.15) is 64.5 Å². The Morgan fingerprint density at radius 1 is 0.935 bits per heavy atom. The molecule has 0 saturated heterocycles. The fraction of sp³-hybridized carbons (Fsp3) is 0.385. The van der Waals surface area contributed by atoms with Crippen LogP contribution in [0.5, 0.6) is 0 Å². The van der Waals surface area contributed by atoms with Crippen LogP contribution < -0.4 is 5.19 Å². The Bertz CT molecular complexity index is 1860. The summed E-state index contributed by atoms with van der Waals surface area (Å²) < 4.78 is 21.1. The third kappa shape index (κ3) is 8.05. The van der Waals surface area contributed by atoms with Crippen LogP contribution in [0.25, 0.3) is 44.0 Å². The van der Waals surface area contributed by atoms with Crippen molar-refractivity contribution in [2.24, 2.45) is 11.8 Å². The van der Waals surface area contributed by atoms with Gasteiger partial charge in [0.1, 0.15) is 11.4 Å². The zero-order valence-electron chi connectivity index (χ0n) is 28.6. The van der Waals surface area contributed by atoms with Gasteiger partial charge in [0.25, 0.3) is 0 Å². The molecule has 0 saturated carbocycles. The number of hydrogen-bond donors (Lipinski definition) is 1. The minimum absolute atomic E-state index is 0. The first-order valence-electron chi connectivity index (χ1n) is 16.2. The third-order valence-corrected chi connectivity index (χ3v) is 10.8. The van der Waals surface area contributed by atoms with Gasteiger partial charge in [-0.1, -0.05) is 95.0 Å². The smallest absolute Gasteiger partial charge is 0.162 e. The van der Waals surface area contributed by atoms with Gasteiger partial charge in [-0.05, 0) is 60.3 Å². The molecular weight excluding hydrogens is 770 g/mol. The third-order valence-electron chi connectivity index (χ3n) is 8.77. The molecule has 2 aromatic heterocycles. The van der Waals surface area contributed by atoms with Gasteiger partial charge in [-0.25, -0.2) is 4.39 Å². The summed E-state index contributed by atoms with van der Waals surface area (Å²) in [5, 5.41) is 14.7. The topological polar surface area (TPSA) is 63.3 Å². The molecule has 4 nitrogen and oxygen atoms in total. The van der Waals surface area contributed by atoms with Crippen LogP contribution in [0.3, 0.4) is 0 Å². The van der Waals surface area contributed by atoms with Crippen molar-refractivity contribution in [2.75, 3.05) is 0 Å². The summed E-state index contributed by atoms with van der Waals surface area (Å²) in [6.07, 6.45) is 6.73. The number of furan rings is 1. The molecule has 5 rings (SSSR count). The molecule has 0 aliphatic rings. The number of fused-ring (bicyclic) bond motifs is 4. The number of benzene rings is 3. The van der Waals surface area contributed by atoms with Crippen molar-refractivity contribution in [1.82, 2.24) is 4.98 Å². The number of rotatable bonds is 9. The summed E-state index contributed by atoms with van der Waals surface area (Å²) in [5.41, 5.74) is 5.15. The van der Waals surface area contributed by atoms with Crippen LogP contribution in [0, 0.1) is 37.6 Å². The van der Waals surface area contributed by atoms with Crippen molar-refractivity contribution in [3.63, 3.8) is 0 Å². The van der Waals surface area contributed by atoms with Gasteiger partial charge in [-0.3, -0.25) is 4.79 Å². The van der Waals surface area contributed by atoms with Crippen LogP contribution in [0.2, 0.25) is 19.6 Å². The Morgan fingerprint density at radius 3 is 2.20 bits per heavy atom. The van der Waals surface area contributed by atoms with E-state index >= 15 is 0 Å². The SMILES string of the molecule is CCC(CC)C(=O)/C=C(\O)C(CC)CC.Cc1[c-]c(-c2nccc3cc(C)ccc23)c2oc3cc(F)c([Si](C)(C)C)cc3c2c1.[Ir]. The number of carbonyl (C=O) groups is 1. The average Bonchev–Trinajstić information content (AvgIpc) is 3.33. The number of aryl methyl sites for hydroxylation is 2. The van der Waals surface area contributed by atoms with Crippen molar-refractivity contribution in [3.8, 4) is 11.3 Å². The monoisotopic (exact) mass is 817 g/mol. The van der Waals surface area contributed by atoms with E-state index in [-0.39, 0.29) is 49.3 Å². The van der Waals surface area contributed by atoms with E-state index in [2.05, 4.69) is 61.9 Å². The van der Waals surface area contributed by atoms with E-state index in [9.17, 15) is 14.3 Å². The van der Waals surface area contributed by atoms with E-state index in [0.717, 1.165) is 69.2 Å². The summed E-state index contributed by atoms with van der Waals surface area (Å²) in [7, 11) is -1.83. The van der Waals surface area contributed by atoms with Crippen LogP contribution in [0.4, 0.5) is 4.39 Å². The zero-order valence-corrected chi connectivity index (χ0v) is 32.0. The number of aromatic nitrogens is 1. The van der Waals surface area contributed by atoms with Gasteiger partial charge >= 0.3 is 0 Å². The Kier molecular flexibility index (Phi) is 12.7. The van der Waals surface area contributed by atoms with Gasteiger partial charge in [0, 0.05) is 55.7 Å². The molecule has 0 aliphatic heterocycles. The van der Waals surface area contributed by atoms with Crippen molar-refractivity contribution < 1.29 is 38.8 Å². The second-order valence-corrected chi connectivity index (χ2v) is 18.2. The van der Waals surface area contributed by atoms with Gasteiger partial charge in [-0.15, -0.1) is 17.7 Å². The van der Waals surface area contributed by atoms with E-state index in [4.69, 9.17) is 4.42 Å². The van der Waals surface area contributed by atoms with Crippen LogP contribution in [0.15, 0.2) is 64.9 Å². The largest absolute Gasteiger partial charge is 0.512 e. The molecule has 5 aromatic rings. The van der Waals surface area contributed by atoms with E-state index in [1.807, 2.05) is 52.9 Å². The molecule has 0 atom stereocenters. The average molecular weight is 817 g/mol. The molecule has 0 unspecified atom stereocenters. The number of pyridine rings is 1. The minimum Gasteiger partial charge on any atom is -0.512 e. The maximum atomic E-state index is 14.8. The summed E-state index contributed by atoms with van der Waals surface area (Å²) in [5.74, 6) is 0.368. The second kappa shape index (κ2) is 15.6. The standard InChI is InChI=1S/C26H23FNOSi.C13H24O2.Ir/c1-15-6-7-18-17(10-15)8-9-28-25(18)21-12-16(2)11-20-19-13-24(30(3,4)5)22(27)14-23(19)29-26(20)21;1-5-10(6-2)12(14)9-13(15)11(7-3)8-4;/h6-11,13-14H,1-5H3;9-11,14H,5-8H2,1-4H3;/q-1;;/b;12-9-;. The number of aliphatic hydroxyl groups excluding tert-OH is 1. The van der Waals surface area contributed by atoms with E-state index in [1.54, 1.807) is 6.07 Å². The number of aliphatic hydroxyl groups is 1. The molecule has 0 aliphatic carbocycles. The number of allylic oxidation sites excluding steroid dienone is 2.